The van der Waals surface area contributed by atoms with Crippen LogP contribution in [0.4, 0.5) is 0 Å². The second-order valence-electron chi connectivity index (χ2n) is 4.55. The van der Waals surface area contributed by atoms with Crippen molar-refractivity contribution in [3.8, 4) is 17.9 Å². The Balaban J connectivity index is 2.51. The summed E-state index contributed by atoms with van der Waals surface area (Å²) in [5, 5.41) is 17.2. The minimum absolute atomic E-state index is 0.0173. The van der Waals surface area contributed by atoms with Gasteiger partial charge in [0, 0.05) is 19.5 Å². The van der Waals surface area contributed by atoms with E-state index in [2.05, 4.69) is 0 Å². The quantitative estimate of drug-likeness (QED) is 0.734. The topological polar surface area (TPSA) is 77.1 Å². The lowest BCUT2D eigenvalue weighted by Gasteiger charge is -2.20. The zero-order valence-corrected chi connectivity index (χ0v) is 12.2. The molecule has 0 aliphatic carbocycles. The van der Waals surface area contributed by atoms with Crippen LogP contribution in [0.2, 0.25) is 0 Å². The van der Waals surface area contributed by atoms with Gasteiger partial charge >= 0.3 is 0 Å². The van der Waals surface area contributed by atoms with E-state index in [4.69, 9.17) is 15.3 Å². The summed E-state index contributed by atoms with van der Waals surface area (Å²) in [6.07, 6.45) is 1.60. The summed E-state index contributed by atoms with van der Waals surface area (Å²) < 4.78 is 5.09. The van der Waals surface area contributed by atoms with Crippen molar-refractivity contribution in [1.82, 2.24) is 4.90 Å². The molecule has 110 valence electrons. The molecule has 1 aromatic carbocycles. The third-order valence-corrected chi connectivity index (χ3v) is 3.13. The molecule has 1 aromatic rings. The maximum atomic E-state index is 12.1. The number of amides is 1. The average Bonchev–Trinajstić information content (AvgIpc) is 2.53. The van der Waals surface area contributed by atoms with Gasteiger partial charge in [0.15, 0.2) is 0 Å². The summed E-state index contributed by atoms with van der Waals surface area (Å²) in [5.41, 5.74) is 1.06. The van der Waals surface area contributed by atoms with Gasteiger partial charge in [-0.25, -0.2) is 0 Å². The second-order valence-corrected chi connectivity index (χ2v) is 4.55. The van der Waals surface area contributed by atoms with E-state index < -0.39 is 0 Å². The Kier molecular flexibility index (Phi) is 7.39. The number of carbonyl (C=O) groups excluding carboxylic acids is 1. The predicted octanol–water partition coefficient (Wildman–Crippen LogP) is 2.28. The van der Waals surface area contributed by atoms with Gasteiger partial charge in [-0.3, -0.25) is 4.79 Å². The van der Waals surface area contributed by atoms with E-state index in [0.717, 1.165) is 11.3 Å². The van der Waals surface area contributed by atoms with Gasteiger partial charge in [-0.05, 0) is 24.1 Å². The lowest BCUT2D eigenvalue weighted by molar-refractivity contribution is -0.131. The molecule has 0 unspecified atom stereocenters. The largest absolute Gasteiger partial charge is 0.497 e. The van der Waals surface area contributed by atoms with Crippen molar-refractivity contribution in [1.29, 1.82) is 10.5 Å². The van der Waals surface area contributed by atoms with Crippen LogP contribution in [-0.2, 0) is 11.2 Å². The Morgan fingerprint density at radius 3 is 2.19 bits per heavy atom. The predicted molar refractivity (Wildman–Crippen MR) is 78.4 cm³/mol. The standard InChI is InChI=1S/C16H19N3O2/c1-21-15-7-4-14(5-8-15)6-9-16(20)19(12-2-10-17)13-3-11-18/h4-5,7-8H,2-3,6,9,12-13H2,1H3. The fourth-order valence-corrected chi connectivity index (χ4v) is 1.93. The van der Waals surface area contributed by atoms with Gasteiger partial charge in [-0.15, -0.1) is 0 Å². The van der Waals surface area contributed by atoms with Crippen molar-refractivity contribution < 1.29 is 9.53 Å². The molecule has 0 bridgehead atoms. The third kappa shape index (κ3) is 5.97. The van der Waals surface area contributed by atoms with Crippen LogP contribution in [0, 0.1) is 22.7 Å². The highest BCUT2D eigenvalue weighted by atomic mass is 16.5. The van der Waals surface area contributed by atoms with E-state index in [1.807, 2.05) is 36.4 Å². The number of nitriles is 2. The van der Waals surface area contributed by atoms with Gasteiger partial charge in [-0.2, -0.15) is 10.5 Å². The zero-order valence-electron chi connectivity index (χ0n) is 12.2. The van der Waals surface area contributed by atoms with Crippen LogP contribution < -0.4 is 4.74 Å². The van der Waals surface area contributed by atoms with Gasteiger partial charge in [-0.1, -0.05) is 12.1 Å². The molecule has 0 atom stereocenters. The fourth-order valence-electron chi connectivity index (χ4n) is 1.93. The van der Waals surface area contributed by atoms with Crippen molar-refractivity contribution >= 4 is 5.91 Å². The first-order chi connectivity index (χ1) is 10.2. The molecule has 0 aliphatic heterocycles. The SMILES string of the molecule is COc1ccc(CCC(=O)N(CCC#N)CCC#N)cc1. The molecule has 1 rings (SSSR count). The minimum atomic E-state index is -0.0173. The molecule has 5 heteroatoms. The van der Waals surface area contributed by atoms with Gasteiger partial charge in [0.1, 0.15) is 5.75 Å². The maximum absolute atomic E-state index is 12.1. The fraction of sp³-hybridized carbons (Fsp3) is 0.438. The van der Waals surface area contributed by atoms with E-state index in [0.29, 0.717) is 38.8 Å². The Labute approximate surface area is 125 Å². The Bertz CT molecular complexity index is 508. The molecule has 0 aliphatic rings. The molecule has 0 spiro atoms. The van der Waals surface area contributed by atoms with Gasteiger partial charge in [0.2, 0.25) is 5.91 Å². The summed E-state index contributed by atoms with van der Waals surface area (Å²) >= 11 is 0. The number of rotatable bonds is 8. The Hall–Kier alpha value is -2.53. The minimum Gasteiger partial charge on any atom is -0.497 e. The number of ether oxygens (including phenoxy) is 1. The van der Waals surface area contributed by atoms with Crippen molar-refractivity contribution in [2.45, 2.75) is 25.7 Å². The van der Waals surface area contributed by atoms with Gasteiger partial charge < -0.3 is 9.64 Å². The highest BCUT2D eigenvalue weighted by Gasteiger charge is 2.12. The van der Waals surface area contributed by atoms with E-state index in [1.54, 1.807) is 12.0 Å². The normalized spacial score (nSPS) is 9.48. The van der Waals surface area contributed by atoms with Crippen molar-refractivity contribution in [3.05, 3.63) is 29.8 Å². The lowest BCUT2D eigenvalue weighted by Crippen LogP contribution is -2.32. The Morgan fingerprint density at radius 1 is 1.14 bits per heavy atom. The van der Waals surface area contributed by atoms with E-state index in [-0.39, 0.29) is 5.91 Å². The van der Waals surface area contributed by atoms with Crippen LogP contribution in [0.1, 0.15) is 24.8 Å². The second kappa shape index (κ2) is 9.39. The molecule has 0 fully saturated rings. The van der Waals surface area contributed by atoms with E-state index >= 15 is 0 Å². The molecule has 1 amide bonds. The van der Waals surface area contributed by atoms with E-state index in [9.17, 15) is 4.79 Å². The summed E-state index contributed by atoms with van der Waals surface area (Å²) in [5.74, 6) is 0.770. The molecule has 0 N–H and O–H groups in total. The van der Waals surface area contributed by atoms with Crippen molar-refractivity contribution in [3.63, 3.8) is 0 Å². The highest BCUT2D eigenvalue weighted by Crippen LogP contribution is 2.13. The maximum Gasteiger partial charge on any atom is 0.222 e. The summed E-state index contributed by atoms with van der Waals surface area (Å²) in [7, 11) is 1.61. The molecule has 5 nitrogen and oxygen atoms in total. The average molecular weight is 285 g/mol. The molecule has 0 radical (unpaired) electrons. The molecule has 0 heterocycles. The molecule has 0 saturated heterocycles. The number of methoxy groups -OCH3 is 1. The third-order valence-electron chi connectivity index (χ3n) is 3.13. The van der Waals surface area contributed by atoms with Crippen molar-refractivity contribution in [2.24, 2.45) is 0 Å². The monoisotopic (exact) mass is 285 g/mol. The van der Waals surface area contributed by atoms with Crippen LogP contribution >= 0.6 is 0 Å². The van der Waals surface area contributed by atoms with Crippen molar-refractivity contribution in [2.75, 3.05) is 20.2 Å². The van der Waals surface area contributed by atoms with Crippen LogP contribution in [0.3, 0.4) is 0 Å². The first-order valence-electron chi connectivity index (χ1n) is 6.86. The molecule has 0 saturated carbocycles. The number of aryl methyl sites for hydroxylation is 1. The first-order valence-corrected chi connectivity index (χ1v) is 6.86. The molecular formula is C16H19N3O2. The lowest BCUT2D eigenvalue weighted by atomic mass is 10.1. The summed E-state index contributed by atoms with van der Waals surface area (Å²) in [4.78, 5) is 13.7. The van der Waals surface area contributed by atoms with Crippen LogP contribution in [0.25, 0.3) is 0 Å². The van der Waals surface area contributed by atoms with E-state index in [1.165, 1.54) is 0 Å². The Morgan fingerprint density at radius 2 is 1.71 bits per heavy atom. The molecule has 0 aromatic heterocycles. The van der Waals surface area contributed by atoms with Crippen LogP contribution in [0.15, 0.2) is 24.3 Å². The number of benzene rings is 1. The number of hydrogen-bond donors (Lipinski definition) is 0. The van der Waals surface area contributed by atoms with Crippen LogP contribution in [0.5, 0.6) is 5.75 Å². The molecular weight excluding hydrogens is 266 g/mol. The highest BCUT2D eigenvalue weighted by molar-refractivity contribution is 5.76. The smallest absolute Gasteiger partial charge is 0.222 e. The zero-order chi connectivity index (χ0) is 15.5. The number of hydrogen-bond acceptors (Lipinski definition) is 4. The summed E-state index contributed by atoms with van der Waals surface area (Å²) in [6.45, 7) is 0.777. The number of nitrogens with zero attached hydrogens (tertiary/aromatic N) is 3. The number of carbonyl (C=O) groups is 1. The van der Waals surface area contributed by atoms with Gasteiger partial charge in [0.25, 0.3) is 0 Å². The van der Waals surface area contributed by atoms with Crippen LogP contribution in [-0.4, -0.2) is 31.0 Å². The first kappa shape index (κ1) is 16.5. The summed E-state index contributed by atoms with van der Waals surface area (Å²) in [6, 6.07) is 11.6. The van der Waals surface area contributed by atoms with Gasteiger partial charge in [0.05, 0.1) is 32.1 Å². The molecule has 21 heavy (non-hydrogen) atoms.